The van der Waals surface area contributed by atoms with Crippen LogP contribution in [0.3, 0.4) is 0 Å². The monoisotopic (exact) mass is 309 g/mol. The van der Waals surface area contributed by atoms with E-state index in [9.17, 15) is 4.79 Å². The van der Waals surface area contributed by atoms with Crippen LogP contribution in [-0.2, 0) is 24.2 Å². The number of nitrogens with one attached hydrogen (secondary N) is 2. The third-order valence-corrected chi connectivity index (χ3v) is 4.52. The molecular formula is C17H19N5O. The van der Waals surface area contributed by atoms with E-state index < -0.39 is 0 Å². The number of nitrogens with zero attached hydrogens (tertiary/aromatic N) is 3. The normalized spacial score (nSPS) is 17.2. The summed E-state index contributed by atoms with van der Waals surface area (Å²) in [6, 6.07) is 8.20. The van der Waals surface area contributed by atoms with E-state index in [0.717, 1.165) is 47.5 Å². The van der Waals surface area contributed by atoms with Gasteiger partial charge in [0.15, 0.2) is 0 Å². The van der Waals surface area contributed by atoms with Crippen LogP contribution in [0.1, 0.15) is 23.6 Å². The summed E-state index contributed by atoms with van der Waals surface area (Å²) in [6.07, 6.45) is 4.10. The summed E-state index contributed by atoms with van der Waals surface area (Å²) in [4.78, 5) is 15.6. The van der Waals surface area contributed by atoms with Crippen molar-refractivity contribution in [2.45, 2.75) is 38.8 Å². The number of benzene rings is 1. The van der Waals surface area contributed by atoms with Crippen LogP contribution in [0, 0.1) is 6.92 Å². The van der Waals surface area contributed by atoms with Crippen molar-refractivity contribution in [3.05, 3.63) is 47.7 Å². The molecule has 1 unspecified atom stereocenters. The van der Waals surface area contributed by atoms with Crippen LogP contribution in [0.4, 0.5) is 0 Å². The van der Waals surface area contributed by atoms with Crippen molar-refractivity contribution in [2.75, 3.05) is 0 Å². The van der Waals surface area contributed by atoms with Gasteiger partial charge in [0.05, 0.1) is 6.42 Å². The molecule has 0 bridgehead atoms. The van der Waals surface area contributed by atoms with E-state index in [1.807, 2.05) is 37.4 Å². The van der Waals surface area contributed by atoms with Crippen LogP contribution in [0.15, 0.2) is 30.5 Å². The highest BCUT2D eigenvalue weighted by atomic mass is 16.1. The fourth-order valence-corrected chi connectivity index (χ4v) is 3.31. The minimum absolute atomic E-state index is 0.0638. The fraction of sp³-hybridized carbons (Fsp3) is 0.353. The van der Waals surface area contributed by atoms with Crippen LogP contribution in [0.2, 0.25) is 0 Å². The van der Waals surface area contributed by atoms with Gasteiger partial charge in [0, 0.05) is 36.1 Å². The molecule has 0 radical (unpaired) electrons. The van der Waals surface area contributed by atoms with Crippen LogP contribution >= 0.6 is 0 Å². The molecule has 23 heavy (non-hydrogen) atoms. The van der Waals surface area contributed by atoms with Gasteiger partial charge in [-0.3, -0.25) is 4.79 Å². The summed E-state index contributed by atoms with van der Waals surface area (Å²) in [5, 5.41) is 12.5. The Morgan fingerprint density at radius 3 is 3.17 bits per heavy atom. The van der Waals surface area contributed by atoms with E-state index in [2.05, 4.69) is 25.1 Å². The first kappa shape index (κ1) is 14.0. The molecule has 6 heteroatoms. The molecule has 0 spiro atoms. The Kier molecular flexibility index (Phi) is 3.37. The standard InChI is InChI=1S/C17H19N5O/c1-11-20-21-16-7-6-13(10-22(11)16)19-17(23)8-12-9-18-15-5-3-2-4-14(12)15/h2-5,9,13,18H,6-8,10H2,1H3,(H,19,23). The first-order valence-electron chi connectivity index (χ1n) is 7.94. The van der Waals surface area contributed by atoms with Gasteiger partial charge in [-0.05, 0) is 25.0 Å². The molecular weight excluding hydrogens is 290 g/mol. The predicted octanol–water partition coefficient (Wildman–Crippen LogP) is 1.74. The Hall–Kier alpha value is -2.63. The molecule has 2 N–H and O–H groups in total. The number of H-pyrrole nitrogens is 1. The predicted molar refractivity (Wildman–Crippen MR) is 87.0 cm³/mol. The van der Waals surface area contributed by atoms with Crippen molar-refractivity contribution >= 4 is 16.8 Å². The molecule has 1 aliphatic rings. The quantitative estimate of drug-likeness (QED) is 0.774. The molecule has 1 atom stereocenters. The van der Waals surface area contributed by atoms with Crippen LogP contribution in [0.25, 0.3) is 10.9 Å². The lowest BCUT2D eigenvalue weighted by atomic mass is 10.1. The topological polar surface area (TPSA) is 75.6 Å². The first-order chi connectivity index (χ1) is 11.2. The van der Waals surface area contributed by atoms with Gasteiger partial charge < -0.3 is 14.9 Å². The Morgan fingerprint density at radius 1 is 1.39 bits per heavy atom. The molecule has 1 aliphatic heterocycles. The minimum Gasteiger partial charge on any atom is -0.361 e. The van der Waals surface area contributed by atoms with Crippen molar-refractivity contribution in [1.82, 2.24) is 25.1 Å². The van der Waals surface area contributed by atoms with Gasteiger partial charge in [0.25, 0.3) is 0 Å². The maximum absolute atomic E-state index is 12.4. The summed E-state index contributed by atoms with van der Waals surface area (Å²) >= 11 is 0. The lowest BCUT2D eigenvalue weighted by Crippen LogP contribution is -2.41. The third-order valence-electron chi connectivity index (χ3n) is 4.52. The highest BCUT2D eigenvalue weighted by Crippen LogP contribution is 2.19. The summed E-state index contributed by atoms with van der Waals surface area (Å²) in [7, 11) is 0. The van der Waals surface area contributed by atoms with Crippen LogP contribution < -0.4 is 5.32 Å². The summed E-state index contributed by atoms with van der Waals surface area (Å²) in [6.45, 7) is 2.71. The molecule has 0 fully saturated rings. The zero-order valence-corrected chi connectivity index (χ0v) is 13.0. The zero-order chi connectivity index (χ0) is 15.8. The zero-order valence-electron chi connectivity index (χ0n) is 13.0. The number of carbonyl (C=O) groups excluding carboxylic acids is 1. The molecule has 3 aromatic rings. The second kappa shape index (κ2) is 5.53. The second-order valence-electron chi connectivity index (χ2n) is 6.11. The maximum Gasteiger partial charge on any atom is 0.224 e. The molecule has 118 valence electrons. The number of aryl methyl sites for hydroxylation is 2. The van der Waals surface area contributed by atoms with Crippen molar-refractivity contribution in [2.24, 2.45) is 0 Å². The largest absolute Gasteiger partial charge is 0.361 e. The Labute approximate surface area is 133 Å². The van der Waals surface area contributed by atoms with E-state index in [4.69, 9.17) is 0 Å². The van der Waals surface area contributed by atoms with Gasteiger partial charge in [-0.1, -0.05) is 18.2 Å². The van der Waals surface area contributed by atoms with E-state index in [1.54, 1.807) is 0 Å². The number of fused-ring (bicyclic) bond motifs is 2. The molecule has 0 saturated heterocycles. The lowest BCUT2D eigenvalue weighted by Gasteiger charge is -2.24. The van der Waals surface area contributed by atoms with Gasteiger partial charge in [0.1, 0.15) is 11.6 Å². The molecule has 3 heterocycles. The molecule has 1 amide bonds. The van der Waals surface area contributed by atoms with E-state index in [-0.39, 0.29) is 11.9 Å². The average molecular weight is 309 g/mol. The molecule has 1 aromatic carbocycles. The van der Waals surface area contributed by atoms with Gasteiger partial charge in [-0.15, -0.1) is 10.2 Å². The Bertz CT molecular complexity index is 863. The average Bonchev–Trinajstić information content (AvgIpc) is 3.12. The van der Waals surface area contributed by atoms with Gasteiger partial charge >= 0.3 is 0 Å². The van der Waals surface area contributed by atoms with Gasteiger partial charge in [-0.2, -0.15) is 0 Å². The van der Waals surface area contributed by atoms with Crippen molar-refractivity contribution in [3.8, 4) is 0 Å². The smallest absolute Gasteiger partial charge is 0.224 e. The molecule has 0 saturated carbocycles. The highest BCUT2D eigenvalue weighted by Gasteiger charge is 2.23. The Balaban J connectivity index is 1.44. The summed E-state index contributed by atoms with van der Waals surface area (Å²) < 4.78 is 2.10. The first-order valence-corrected chi connectivity index (χ1v) is 7.94. The van der Waals surface area contributed by atoms with Crippen molar-refractivity contribution in [1.29, 1.82) is 0 Å². The molecule has 2 aromatic heterocycles. The molecule has 0 aliphatic carbocycles. The number of hydrogen-bond acceptors (Lipinski definition) is 3. The summed E-state index contributed by atoms with van der Waals surface area (Å²) in [5.41, 5.74) is 2.10. The fourth-order valence-electron chi connectivity index (χ4n) is 3.31. The molecule has 4 rings (SSSR count). The number of rotatable bonds is 3. The number of aromatic amines is 1. The third kappa shape index (κ3) is 2.60. The second-order valence-corrected chi connectivity index (χ2v) is 6.11. The minimum atomic E-state index is 0.0638. The van der Waals surface area contributed by atoms with Crippen LogP contribution in [0.5, 0.6) is 0 Å². The van der Waals surface area contributed by atoms with Crippen molar-refractivity contribution in [3.63, 3.8) is 0 Å². The van der Waals surface area contributed by atoms with Gasteiger partial charge in [0.2, 0.25) is 5.91 Å². The van der Waals surface area contributed by atoms with E-state index in [1.165, 1.54) is 0 Å². The number of carbonyl (C=O) groups is 1. The molecule has 6 nitrogen and oxygen atoms in total. The number of amides is 1. The number of aromatic nitrogens is 4. The number of para-hydroxylation sites is 1. The van der Waals surface area contributed by atoms with E-state index in [0.29, 0.717) is 6.42 Å². The van der Waals surface area contributed by atoms with Crippen molar-refractivity contribution < 1.29 is 4.79 Å². The maximum atomic E-state index is 12.4. The summed E-state index contributed by atoms with van der Waals surface area (Å²) in [5.74, 6) is 1.99. The van der Waals surface area contributed by atoms with E-state index >= 15 is 0 Å². The van der Waals surface area contributed by atoms with Gasteiger partial charge in [-0.25, -0.2) is 0 Å². The highest BCUT2D eigenvalue weighted by molar-refractivity contribution is 5.88. The van der Waals surface area contributed by atoms with Crippen LogP contribution in [-0.4, -0.2) is 31.7 Å². The SMILES string of the molecule is Cc1nnc2n1CC(NC(=O)Cc1c[nH]c3ccccc13)CC2. The Morgan fingerprint density at radius 2 is 2.26 bits per heavy atom. The number of hydrogen-bond donors (Lipinski definition) is 2. The lowest BCUT2D eigenvalue weighted by molar-refractivity contribution is -0.121.